The molecule has 0 radical (unpaired) electrons. The Labute approximate surface area is 224 Å². The Kier molecular flexibility index (Phi) is 7.95. The summed E-state index contributed by atoms with van der Waals surface area (Å²) in [7, 11) is 0. The first kappa shape index (κ1) is 25.5. The monoisotopic (exact) mass is 540 g/mol. The van der Waals surface area contributed by atoms with Crippen LogP contribution in [0, 0.1) is 0 Å². The third-order valence-electron chi connectivity index (χ3n) is 6.29. The Balaban J connectivity index is 1.33. The maximum atomic E-state index is 12.2. The predicted octanol–water partition coefficient (Wildman–Crippen LogP) is 5.06. The average Bonchev–Trinajstić information content (AvgIpc) is 3.51. The van der Waals surface area contributed by atoms with E-state index in [0.717, 1.165) is 66.8 Å². The van der Waals surface area contributed by atoms with Crippen LogP contribution in [-0.2, 0) is 4.74 Å². The molecule has 8 nitrogen and oxygen atoms in total. The molecular formula is C27H29ClN4O4S. The molecule has 5 rings (SSSR count). The zero-order valence-corrected chi connectivity index (χ0v) is 22.1. The first-order chi connectivity index (χ1) is 18.0. The molecule has 4 aromatic rings. The van der Waals surface area contributed by atoms with E-state index in [1.54, 1.807) is 6.20 Å². The van der Waals surface area contributed by atoms with Gasteiger partial charge in [0.2, 0.25) is 0 Å². The third kappa shape index (κ3) is 5.91. The zero-order valence-electron chi connectivity index (χ0n) is 20.6. The fraction of sp³-hybridized carbons (Fsp3) is 0.333. The van der Waals surface area contributed by atoms with Gasteiger partial charge in [0, 0.05) is 36.3 Å². The van der Waals surface area contributed by atoms with Crippen LogP contribution in [0.2, 0.25) is 5.02 Å². The van der Waals surface area contributed by atoms with Crippen molar-refractivity contribution in [1.29, 1.82) is 0 Å². The molecule has 2 N–H and O–H groups in total. The molecule has 1 aliphatic rings. The lowest BCUT2D eigenvalue weighted by molar-refractivity contribution is 0.0358. The quantitative estimate of drug-likeness (QED) is 0.283. The Hall–Kier alpha value is -3.11. The van der Waals surface area contributed by atoms with Gasteiger partial charge in [0.25, 0.3) is 5.91 Å². The minimum atomic E-state index is -0.546. The summed E-state index contributed by atoms with van der Waals surface area (Å²) < 4.78 is 19.5. The van der Waals surface area contributed by atoms with Crippen molar-refractivity contribution >= 4 is 34.5 Å². The predicted molar refractivity (Wildman–Crippen MR) is 145 cm³/mol. The molecule has 1 aromatic carbocycles. The maximum Gasteiger partial charge on any atom is 0.262 e. The molecule has 1 atom stereocenters. The molecule has 3 aromatic heterocycles. The van der Waals surface area contributed by atoms with Crippen LogP contribution in [0.4, 0.5) is 0 Å². The van der Waals surface area contributed by atoms with Crippen molar-refractivity contribution in [2.75, 3.05) is 39.5 Å². The zero-order chi connectivity index (χ0) is 25.8. The van der Waals surface area contributed by atoms with Crippen LogP contribution >= 0.6 is 22.9 Å². The lowest BCUT2D eigenvalue weighted by atomic mass is 10.1. The van der Waals surface area contributed by atoms with E-state index in [0.29, 0.717) is 22.3 Å². The molecule has 1 unspecified atom stereocenters. The van der Waals surface area contributed by atoms with Crippen LogP contribution in [0.5, 0.6) is 11.5 Å². The number of nitrogens with two attached hydrogens (primary N) is 1. The van der Waals surface area contributed by atoms with E-state index in [1.807, 2.05) is 60.0 Å². The van der Waals surface area contributed by atoms with Gasteiger partial charge in [0.1, 0.15) is 28.1 Å². The lowest BCUT2D eigenvalue weighted by Gasteiger charge is -2.26. The second kappa shape index (κ2) is 11.5. The molecule has 10 heteroatoms. The van der Waals surface area contributed by atoms with Crippen molar-refractivity contribution in [3.8, 4) is 22.1 Å². The Morgan fingerprint density at radius 1 is 1.24 bits per heavy atom. The van der Waals surface area contributed by atoms with Crippen molar-refractivity contribution in [3.63, 3.8) is 0 Å². The summed E-state index contributed by atoms with van der Waals surface area (Å²) in [4.78, 5) is 20.3. The summed E-state index contributed by atoms with van der Waals surface area (Å²) in [6.45, 7) is 7.04. The number of morpholine rings is 1. The number of nitrogens with zero attached hydrogens (tertiary/aromatic N) is 3. The average molecular weight is 541 g/mol. The van der Waals surface area contributed by atoms with Gasteiger partial charge in [-0.05, 0) is 31.5 Å². The van der Waals surface area contributed by atoms with Gasteiger partial charge in [-0.1, -0.05) is 29.8 Å². The molecule has 0 aliphatic carbocycles. The third-order valence-corrected chi connectivity index (χ3v) is 7.79. The Morgan fingerprint density at radius 3 is 2.84 bits per heavy atom. The first-order valence-corrected chi connectivity index (χ1v) is 13.4. The summed E-state index contributed by atoms with van der Waals surface area (Å²) >= 11 is 7.61. The molecule has 194 valence electrons. The number of ether oxygens (including phenoxy) is 3. The standard InChI is InChI=1S/C27H29ClN4O4S/c1-18(20-5-2-3-6-21(20)28)36-23-15-24(37-26(23)27(29)33)22-16-30-25-8-7-19(17-32(22)25)35-12-4-9-31-10-13-34-14-11-31/h2-3,5-8,15-18H,4,9-14H2,1H3,(H2,29,33). The number of hydrogen-bond donors (Lipinski definition) is 1. The number of imidazole rings is 1. The highest BCUT2D eigenvalue weighted by molar-refractivity contribution is 7.17. The van der Waals surface area contributed by atoms with Crippen molar-refractivity contribution in [2.24, 2.45) is 5.73 Å². The van der Waals surface area contributed by atoms with Gasteiger partial charge in [-0.2, -0.15) is 0 Å². The summed E-state index contributed by atoms with van der Waals surface area (Å²) in [5, 5.41) is 0.602. The smallest absolute Gasteiger partial charge is 0.262 e. The van der Waals surface area contributed by atoms with E-state index in [1.165, 1.54) is 11.3 Å². The number of fused-ring (bicyclic) bond motifs is 1. The van der Waals surface area contributed by atoms with Gasteiger partial charge in [-0.15, -0.1) is 11.3 Å². The number of hydrogen-bond acceptors (Lipinski definition) is 7. The SMILES string of the molecule is CC(Oc1cc(-c2cnc3ccc(OCCCN4CCOCC4)cn23)sc1C(N)=O)c1ccccc1Cl. The highest BCUT2D eigenvalue weighted by Crippen LogP contribution is 2.39. The summed E-state index contributed by atoms with van der Waals surface area (Å²) in [5.41, 5.74) is 8.12. The van der Waals surface area contributed by atoms with Crippen LogP contribution in [0.15, 0.2) is 54.9 Å². The molecule has 37 heavy (non-hydrogen) atoms. The Morgan fingerprint density at radius 2 is 2.05 bits per heavy atom. The van der Waals surface area contributed by atoms with Gasteiger partial charge < -0.3 is 19.9 Å². The van der Waals surface area contributed by atoms with Crippen molar-refractivity contribution < 1.29 is 19.0 Å². The van der Waals surface area contributed by atoms with E-state index >= 15 is 0 Å². The lowest BCUT2D eigenvalue weighted by Crippen LogP contribution is -2.37. The highest BCUT2D eigenvalue weighted by atomic mass is 35.5. The number of carbonyl (C=O) groups is 1. The molecule has 4 heterocycles. The molecule has 1 saturated heterocycles. The van der Waals surface area contributed by atoms with E-state index < -0.39 is 5.91 Å². The number of thiophene rings is 1. The normalized spacial score (nSPS) is 15.1. The summed E-state index contributed by atoms with van der Waals surface area (Å²) in [6, 6.07) is 13.1. The van der Waals surface area contributed by atoms with Gasteiger partial charge >= 0.3 is 0 Å². The molecule has 1 amide bonds. The fourth-order valence-corrected chi connectivity index (χ4v) is 5.59. The maximum absolute atomic E-state index is 12.2. The van der Waals surface area contributed by atoms with Crippen LogP contribution in [-0.4, -0.2) is 59.6 Å². The number of primary amides is 1. The minimum Gasteiger partial charge on any atom is -0.492 e. The number of amides is 1. The van der Waals surface area contributed by atoms with Gasteiger partial charge in [-0.3, -0.25) is 14.1 Å². The Bertz CT molecular complexity index is 1380. The van der Waals surface area contributed by atoms with Crippen molar-refractivity contribution in [2.45, 2.75) is 19.4 Å². The van der Waals surface area contributed by atoms with E-state index in [4.69, 9.17) is 31.5 Å². The fourth-order valence-electron chi connectivity index (χ4n) is 4.35. The largest absolute Gasteiger partial charge is 0.492 e. The molecule has 0 saturated carbocycles. The second-order valence-corrected chi connectivity index (χ2v) is 10.3. The number of rotatable bonds is 10. The van der Waals surface area contributed by atoms with Crippen LogP contribution in [0.3, 0.4) is 0 Å². The number of halogens is 1. The molecule has 1 aliphatic heterocycles. The van der Waals surface area contributed by atoms with Crippen molar-refractivity contribution in [3.05, 3.63) is 70.3 Å². The van der Waals surface area contributed by atoms with Gasteiger partial charge in [0.15, 0.2) is 0 Å². The topological polar surface area (TPSA) is 91.3 Å². The van der Waals surface area contributed by atoms with Crippen molar-refractivity contribution in [1.82, 2.24) is 14.3 Å². The van der Waals surface area contributed by atoms with Crippen LogP contribution < -0.4 is 15.2 Å². The van der Waals surface area contributed by atoms with Gasteiger partial charge in [-0.25, -0.2) is 4.98 Å². The van der Waals surface area contributed by atoms with E-state index in [9.17, 15) is 4.79 Å². The second-order valence-electron chi connectivity index (χ2n) is 8.84. The van der Waals surface area contributed by atoms with E-state index in [-0.39, 0.29) is 6.10 Å². The molecule has 0 spiro atoms. The summed E-state index contributed by atoms with van der Waals surface area (Å²) in [5.74, 6) is 0.630. The van der Waals surface area contributed by atoms with Gasteiger partial charge in [0.05, 0.1) is 42.8 Å². The van der Waals surface area contributed by atoms with Crippen LogP contribution in [0.25, 0.3) is 16.2 Å². The number of benzene rings is 1. The molecular weight excluding hydrogens is 512 g/mol. The molecule has 0 bridgehead atoms. The molecule has 1 fully saturated rings. The number of aromatic nitrogens is 2. The summed E-state index contributed by atoms with van der Waals surface area (Å²) in [6.07, 6.45) is 4.26. The van der Waals surface area contributed by atoms with E-state index in [2.05, 4.69) is 9.88 Å². The number of pyridine rings is 1. The first-order valence-electron chi connectivity index (χ1n) is 12.2. The highest BCUT2D eigenvalue weighted by Gasteiger charge is 2.21. The minimum absolute atomic E-state index is 0.347. The van der Waals surface area contributed by atoms with Crippen LogP contribution in [0.1, 0.15) is 34.7 Å². The number of carbonyl (C=O) groups excluding carboxylic acids is 1.